The highest BCUT2D eigenvalue weighted by Gasteiger charge is 2.19. The lowest BCUT2D eigenvalue weighted by Gasteiger charge is -2.06. The predicted molar refractivity (Wildman–Crippen MR) is 67.6 cm³/mol. The number of aryl methyl sites for hydroxylation is 1. The molecule has 1 rings (SSSR count). The van der Waals surface area contributed by atoms with Crippen LogP contribution in [-0.4, -0.2) is 38.5 Å². The van der Waals surface area contributed by atoms with Crippen molar-refractivity contribution in [2.75, 3.05) is 13.6 Å². The van der Waals surface area contributed by atoms with Gasteiger partial charge < -0.3 is 15.6 Å². The zero-order valence-corrected chi connectivity index (χ0v) is 11.4. The summed E-state index contributed by atoms with van der Waals surface area (Å²) in [7, 11) is -0.539. The van der Waals surface area contributed by atoms with Crippen molar-refractivity contribution in [3.63, 3.8) is 0 Å². The molecular formula is C10H18N4O3S. The Morgan fingerprint density at radius 3 is 2.67 bits per heavy atom. The Bertz CT molecular complexity index is 533. The first-order valence-corrected chi connectivity index (χ1v) is 6.90. The van der Waals surface area contributed by atoms with Crippen LogP contribution >= 0.6 is 0 Å². The number of amides is 1. The van der Waals surface area contributed by atoms with Gasteiger partial charge in [0.25, 0.3) is 5.91 Å². The molecule has 7 nitrogen and oxygen atoms in total. The van der Waals surface area contributed by atoms with Crippen molar-refractivity contribution in [3.8, 4) is 0 Å². The molecule has 1 amide bonds. The predicted octanol–water partition coefficient (Wildman–Crippen LogP) is -0.990. The number of sulfonamides is 1. The second kappa shape index (κ2) is 5.51. The third kappa shape index (κ3) is 3.31. The highest BCUT2D eigenvalue weighted by Crippen LogP contribution is 2.13. The summed E-state index contributed by atoms with van der Waals surface area (Å²) in [6.07, 6.45) is 1.38. The summed E-state index contributed by atoms with van der Waals surface area (Å²) in [5.74, 6) is -0.342. The minimum Gasteiger partial charge on any atom is -0.354 e. The number of nitrogens with one attached hydrogen (secondary N) is 2. The fraction of sp³-hybridized carbons (Fsp3) is 0.500. The summed E-state index contributed by atoms with van der Waals surface area (Å²) in [5, 5.41) is 2.44. The van der Waals surface area contributed by atoms with Gasteiger partial charge in [0.1, 0.15) is 10.6 Å². The van der Waals surface area contributed by atoms with Crippen LogP contribution in [0.2, 0.25) is 0 Å². The Hall–Kier alpha value is -1.38. The van der Waals surface area contributed by atoms with Gasteiger partial charge in [-0.05, 0) is 13.0 Å². The van der Waals surface area contributed by atoms with E-state index in [-0.39, 0.29) is 29.1 Å². The van der Waals surface area contributed by atoms with Gasteiger partial charge in [-0.15, -0.1) is 0 Å². The molecule has 0 aliphatic heterocycles. The van der Waals surface area contributed by atoms with Crippen molar-refractivity contribution in [3.05, 3.63) is 18.0 Å². The smallest absolute Gasteiger partial charge is 0.267 e. The Kier molecular flexibility index (Phi) is 4.49. The van der Waals surface area contributed by atoms with E-state index in [1.54, 1.807) is 14.0 Å². The van der Waals surface area contributed by atoms with Crippen LogP contribution in [0.3, 0.4) is 0 Å². The molecule has 1 aromatic heterocycles. The van der Waals surface area contributed by atoms with E-state index < -0.39 is 10.0 Å². The lowest BCUT2D eigenvalue weighted by molar-refractivity contribution is 0.0955. The molecule has 102 valence electrons. The van der Waals surface area contributed by atoms with Crippen molar-refractivity contribution < 1.29 is 13.2 Å². The van der Waals surface area contributed by atoms with Crippen molar-refractivity contribution in [2.45, 2.75) is 17.9 Å². The van der Waals surface area contributed by atoms with E-state index in [0.717, 1.165) is 0 Å². The van der Waals surface area contributed by atoms with E-state index in [2.05, 4.69) is 10.0 Å². The molecule has 1 heterocycles. The van der Waals surface area contributed by atoms with E-state index in [1.807, 2.05) is 0 Å². The molecule has 0 radical (unpaired) electrons. The van der Waals surface area contributed by atoms with Crippen molar-refractivity contribution in [1.29, 1.82) is 0 Å². The molecule has 1 aromatic rings. The van der Waals surface area contributed by atoms with Crippen LogP contribution in [0.4, 0.5) is 0 Å². The first kappa shape index (κ1) is 14.7. The maximum Gasteiger partial charge on any atom is 0.267 e. The van der Waals surface area contributed by atoms with Gasteiger partial charge in [0.2, 0.25) is 10.0 Å². The lowest BCUT2D eigenvalue weighted by atomic mass is 10.4. The topological polar surface area (TPSA) is 106 Å². The second-order valence-corrected chi connectivity index (χ2v) is 5.85. The van der Waals surface area contributed by atoms with Crippen LogP contribution in [0.25, 0.3) is 0 Å². The number of nitrogens with zero attached hydrogens (tertiary/aromatic N) is 1. The monoisotopic (exact) mass is 274 g/mol. The molecule has 0 aromatic carbocycles. The van der Waals surface area contributed by atoms with Gasteiger partial charge in [0, 0.05) is 32.9 Å². The second-order valence-electron chi connectivity index (χ2n) is 4.08. The minimum atomic E-state index is -3.63. The zero-order valence-electron chi connectivity index (χ0n) is 10.6. The maximum absolute atomic E-state index is 11.9. The van der Waals surface area contributed by atoms with Gasteiger partial charge in [-0.25, -0.2) is 13.1 Å². The Morgan fingerprint density at radius 2 is 2.17 bits per heavy atom. The van der Waals surface area contributed by atoms with Gasteiger partial charge >= 0.3 is 0 Å². The Labute approximate surface area is 106 Å². The summed E-state index contributed by atoms with van der Waals surface area (Å²) in [5.41, 5.74) is 5.76. The van der Waals surface area contributed by atoms with Gasteiger partial charge in [-0.1, -0.05) is 0 Å². The number of rotatable bonds is 5. The Morgan fingerprint density at radius 1 is 1.56 bits per heavy atom. The molecule has 0 bridgehead atoms. The van der Waals surface area contributed by atoms with Crippen LogP contribution in [0.1, 0.15) is 17.4 Å². The molecule has 1 unspecified atom stereocenters. The highest BCUT2D eigenvalue weighted by molar-refractivity contribution is 7.89. The van der Waals surface area contributed by atoms with E-state index in [4.69, 9.17) is 5.73 Å². The van der Waals surface area contributed by atoms with Crippen LogP contribution in [0.5, 0.6) is 0 Å². The molecule has 4 N–H and O–H groups in total. The first-order chi connectivity index (χ1) is 8.27. The fourth-order valence-corrected chi connectivity index (χ4v) is 2.57. The van der Waals surface area contributed by atoms with Crippen LogP contribution in [0.15, 0.2) is 17.2 Å². The molecule has 0 spiro atoms. The number of hydrogen-bond acceptors (Lipinski definition) is 4. The normalized spacial score (nSPS) is 13.3. The molecule has 8 heteroatoms. The summed E-state index contributed by atoms with van der Waals surface area (Å²) in [6.45, 7) is 1.84. The number of carbonyl (C=O) groups excluding carboxylic acids is 1. The number of aromatic nitrogens is 1. The van der Waals surface area contributed by atoms with Gasteiger partial charge in [-0.3, -0.25) is 4.79 Å². The SMILES string of the molecule is CNC(=O)c1cc(S(=O)(=O)NCC(C)N)cn1C. The highest BCUT2D eigenvalue weighted by atomic mass is 32.2. The van der Waals surface area contributed by atoms with Crippen molar-refractivity contribution in [1.82, 2.24) is 14.6 Å². The third-order valence-electron chi connectivity index (χ3n) is 2.35. The number of carbonyl (C=O) groups is 1. The number of nitrogens with two attached hydrogens (primary N) is 1. The van der Waals surface area contributed by atoms with Crippen LogP contribution < -0.4 is 15.8 Å². The molecule has 1 atom stereocenters. The molecule has 0 fully saturated rings. The molecular weight excluding hydrogens is 256 g/mol. The van der Waals surface area contributed by atoms with Crippen molar-refractivity contribution in [2.24, 2.45) is 12.8 Å². The molecule has 0 saturated carbocycles. The van der Waals surface area contributed by atoms with E-state index in [9.17, 15) is 13.2 Å². The van der Waals surface area contributed by atoms with E-state index in [1.165, 1.54) is 23.9 Å². The average Bonchev–Trinajstić information content (AvgIpc) is 2.68. The maximum atomic E-state index is 11.9. The van der Waals surface area contributed by atoms with Crippen LogP contribution in [0, 0.1) is 0 Å². The van der Waals surface area contributed by atoms with Gasteiger partial charge in [-0.2, -0.15) is 0 Å². The summed E-state index contributed by atoms with van der Waals surface area (Å²) >= 11 is 0. The minimum absolute atomic E-state index is 0.0456. The molecule has 0 saturated heterocycles. The molecule has 18 heavy (non-hydrogen) atoms. The summed E-state index contributed by atoms with van der Waals surface area (Å²) < 4.78 is 27.6. The third-order valence-corrected chi connectivity index (χ3v) is 3.74. The van der Waals surface area contributed by atoms with Gasteiger partial charge in [0.15, 0.2) is 0 Å². The quantitative estimate of drug-likeness (QED) is 0.641. The lowest BCUT2D eigenvalue weighted by Crippen LogP contribution is -2.35. The fourth-order valence-electron chi connectivity index (χ4n) is 1.36. The summed E-state index contributed by atoms with van der Waals surface area (Å²) in [6, 6.07) is 1.05. The van der Waals surface area contributed by atoms with Crippen molar-refractivity contribution >= 4 is 15.9 Å². The van der Waals surface area contributed by atoms with Crippen LogP contribution in [-0.2, 0) is 17.1 Å². The van der Waals surface area contributed by atoms with Gasteiger partial charge in [0.05, 0.1) is 0 Å². The molecule has 0 aliphatic carbocycles. The Balaban J connectivity index is 3.00. The summed E-state index contributed by atoms with van der Waals surface area (Å²) in [4.78, 5) is 11.5. The molecule has 0 aliphatic rings. The average molecular weight is 274 g/mol. The largest absolute Gasteiger partial charge is 0.354 e. The number of hydrogen-bond donors (Lipinski definition) is 3. The zero-order chi connectivity index (χ0) is 13.9. The van der Waals surface area contributed by atoms with E-state index >= 15 is 0 Å². The first-order valence-electron chi connectivity index (χ1n) is 5.41. The van der Waals surface area contributed by atoms with E-state index in [0.29, 0.717) is 0 Å². The standard InChI is InChI=1S/C10H18N4O3S/c1-7(11)5-13-18(16,17)8-4-9(10(15)12-2)14(3)6-8/h4,6-7,13H,5,11H2,1-3H3,(H,12,15).